The molecule has 0 spiro atoms. The summed E-state index contributed by atoms with van der Waals surface area (Å²) in [5.41, 5.74) is 5.75. The van der Waals surface area contributed by atoms with Gasteiger partial charge in [-0.15, -0.1) is 11.3 Å². The molecule has 1 aliphatic heterocycles. The molecule has 1 atom stereocenters. The van der Waals surface area contributed by atoms with Gasteiger partial charge in [0.2, 0.25) is 0 Å². The lowest BCUT2D eigenvalue weighted by Gasteiger charge is -2.34. The minimum atomic E-state index is -0.0616. The second kappa shape index (κ2) is 5.80. The Morgan fingerprint density at radius 2 is 2.33 bits per heavy atom. The zero-order chi connectivity index (χ0) is 13.1. The van der Waals surface area contributed by atoms with Gasteiger partial charge < -0.3 is 10.6 Å². The summed E-state index contributed by atoms with van der Waals surface area (Å²) < 4.78 is 0. The van der Waals surface area contributed by atoms with Crippen LogP contribution in [0.25, 0.3) is 0 Å². The molecule has 3 nitrogen and oxygen atoms in total. The van der Waals surface area contributed by atoms with Gasteiger partial charge in [-0.3, -0.25) is 4.79 Å². The molecule has 1 amide bonds. The average Bonchev–Trinajstić information content (AvgIpc) is 2.86. The van der Waals surface area contributed by atoms with Crippen molar-refractivity contribution in [3.63, 3.8) is 0 Å². The van der Waals surface area contributed by atoms with Gasteiger partial charge in [0, 0.05) is 11.4 Å². The molecule has 1 saturated heterocycles. The molecular weight excluding hydrogens is 264 g/mol. The molecule has 1 aromatic heterocycles. The van der Waals surface area contributed by atoms with Crippen molar-refractivity contribution in [1.82, 2.24) is 4.90 Å². The summed E-state index contributed by atoms with van der Waals surface area (Å²) >= 11 is 6.65. The normalized spacial score (nSPS) is 19.8. The average molecular weight is 282 g/mol. The van der Waals surface area contributed by atoms with E-state index in [0.717, 1.165) is 37.1 Å². The highest BCUT2D eigenvalue weighted by molar-refractivity contribution is 7.80. The van der Waals surface area contributed by atoms with Crippen LogP contribution in [0.15, 0.2) is 12.1 Å². The van der Waals surface area contributed by atoms with E-state index in [4.69, 9.17) is 18.0 Å². The van der Waals surface area contributed by atoms with Crippen LogP contribution in [0.5, 0.6) is 0 Å². The molecule has 1 fully saturated rings. The highest BCUT2D eigenvalue weighted by Gasteiger charge is 2.29. The number of nitrogens with two attached hydrogens (primary N) is 1. The zero-order valence-electron chi connectivity index (χ0n) is 10.5. The third kappa shape index (κ3) is 2.72. The number of likely N-dealkylation sites (tertiary alicyclic amines) is 1. The van der Waals surface area contributed by atoms with Gasteiger partial charge in [-0.05, 0) is 37.8 Å². The standard InChI is InChI=1S/C13H18N2OS2/c1-2-9-6-7-11(18-9)13(16)15-8-4-3-5-10(15)12(14)17/h6-7,10H,2-5,8H2,1H3,(H2,14,17). The van der Waals surface area contributed by atoms with Gasteiger partial charge in [-0.25, -0.2) is 0 Å². The van der Waals surface area contributed by atoms with Crippen LogP contribution in [0.4, 0.5) is 0 Å². The van der Waals surface area contributed by atoms with Crippen LogP contribution >= 0.6 is 23.6 Å². The van der Waals surface area contributed by atoms with E-state index < -0.39 is 0 Å². The van der Waals surface area contributed by atoms with Crippen LogP contribution in [0.2, 0.25) is 0 Å². The summed E-state index contributed by atoms with van der Waals surface area (Å²) in [5.74, 6) is 0.0807. The number of piperidine rings is 1. The van der Waals surface area contributed by atoms with Crippen molar-refractivity contribution in [1.29, 1.82) is 0 Å². The topological polar surface area (TPSA) is 46.3 Å². The lowest BCUT2D eigenvalue weighted by Crippen LogP contribution is -2.49. The van der Waals surface area contributed by atoms with Gasteiger partial charge in [-0.2, -0.15) is 0 Å². The number of hydrogen-bond acceptors (Lipinski definition) is 3. The molecule has 2 heterocycles. The molecule has 2 rings (SSSR count). The Kier molecular flexibility index (Phi) is 4.35. The number of rotatable bonds is 3. The van der Waals surface area contributed by atoms with E-state index in [0.29, 0.717) is 4.99 Å². The summed E-state index contributed by atoms with van der Waals surface area (Å²) in [4.78, 5) is 16.8. The minimum absolute atomic E-state index is 0.0616. The fourth-order valence-corrected chi connectivity index (χ4v) is 3.44. The largest absolute Gasteiger partial charge is 0.392 e. The van der Waals surface area contributed by atoms with E-state index in [9.17, 15) is 4.79 Å². The van der Waals surface area contributed by atoms with Crippen LogP contribution in [0.3, 0.4) is 0 Å². The maximum Gasteiger partial charge on any atom is 0.264 e. The van der Waals surface area contributed by atoms with Crippen LogP contribution < -0.4 is 5.73 Å². The molecule has 18 heavy (non-hydrogen) atoms. The van der Waals surface area contributed by atoms with Crippen molar-refractivity contribution < 1.29 is 4.79 Å². The number of carbonyl (C=O) groups excluding carboxylic acids is 1. The number of amides is 1. The molecule has 1 unspecified atom stereocenters. The van der Waals surface area contributed by atoms with Crippen molar-refractivity contribution in [2.24, 2.45) is 5.73 Å². The van der Waals surface area contributed by atoms with E-state index in [1.807, 2.05) is 17.0 Å². The fourth-order valence-electron chi connectivity index (χ4n) is 2.29. The van der Waals surface area contributed by atoms with Crippen molar-refractivity contribution in [3.8, 4) is 0 Å². The van der Waals surface area contributed by atoms with Gasteiger partial charge >= 0.3 is 0 Å². The molecular formula is C13H18N2OS2. The molecule has 1 aromatic rings. The molecule has 2 N–H and O–H groups in total. The Bertz CT molecular complexity index is 456. The van der Waals surface area contributed by atoms with Gasteiger partial charge in [0.05, 0.1) is 15.9 Å². The van der Waals surface area contributed by atoms with Crippen LogP contribution in [0.1, 0.15) is 40.7 Å². The first kappa shape index (κ1) is 13.5. The van der Waals surface area contributed by atoms with Crippen LogP contribution in [-0.4, -0.2) is 28.4 Å². The molecule has 5 heteroatoms. The SMILES string of the molecule is CCc1ccc(C(=O)N2CCCCC2C(N)=S)s1. The highest BCUT2D eigenvalue weighted by atomic mass is 32.1. The number of nitrogens with zero attached hydrogens (tertiary/aromatic N) is 1. The summed E-state index contributed by atoms with van der Waals surface area (Å²) in [6.45, 7) is 2.86. The Balaban J connectivity index is 2.17. The number of carbonyl (C=O) groups is 1. The van der Waals surface area contributed by atoms with Gasteiger partial charge in [0.1, 0.15) is 0 Å². The van der Waals surface area contributed by atoms with Gasteiger partial charge in [0.15, 0.2) is 0 Å². The van der Waals surface area contributed by atoms with Crippen molar-refractivity contribution in [2.45, 2.75) is 38.6 Å². The van der Waals surface area contributed by atoms with Gasteiger partial charge in [-0.1, -0.05) is 19.1 Å². The van der Waals surface area contributed by atoms with E-state index in [1.165, 1.54) is 4.88 Å². The lowest BCUT2D eigenvalue weighted by atomic mass is 10.0. The first-order valence-corrected chi connectivity index (χ1v) is 7.55. The maximum absolute atomic E-state index is 12.5. The predicted molar refractivity (Wildman–Crippen MR) is 79.2 cm³/mol. The van der Waals surface area contributed by atoms with E-state index in [2.05, 4.69) is 6.92 Å². The van der Waals surface area contributed by atoms with E-state index in [-0.39, 0.29) is 11.9 Å². The van der Waals surface area contributed by atoms with Gasteiger partial charge in [0.25, 0.3) is 5.91 Å². The van der Waals surface area contributed by atoms with E-state index >= 15 is 0 Å². The van der Waals surface area contributed by atoms with Crippen LogP contribution in [-0.2, 0) is 6.42 Å². The number of hydrogen-bond donors (Lipinski definition) is 1. The van der Waals surface area contributed by atoms with Crippen molar-refractivity contribution in [2.75, 3.05) is 6.54 Å². The monoisotopic (exact) mass is 282 g/mol. The molecule has 0 radical (unpaired) electrons. The maximum atomic E-state index is 12.5. The smallest absolute Gasteiger partial charge is 0.264 e. The summed E-state index contributed by atoms with van der Waals surface area (Å²) in [6.07, 6.45) is 4.00. The first-order chi connectivity index (χ1) is 8.63. The third-order valence-electron chi connectivity index (χ3n) is 3.31. The fraction of sp³-hybridized carbons (Fsp3) is 0.538. The van der Waals surface area contributed by atoms with Crippen molar-refractivity contribution in [3.05, 3.63) is 21.9 Å². The number of thiocarbonyl (C=S) groups is 1. The number of aryl methyl sites for hydroxylation is 1. The second-order valence-corrected chi connectivity index (χ2v) is 6.17. The predicted octanol–water partition coefficient (Wildman–Crippen LogP) is 2.59. The summed E-state index contributed by atoms with van der Waals surface area (Å²) in [6, 6.07) is 3.88. The molecule has 98 valence electrons. The lowest BCUT2D eigenvalue weighted by molar-refractivity contribution is 0.0686. The van der Waals surface area contributed by atoms with Crippen molar-refractivity contribution >= 4 is 34.5 Å². The summed E-state index contributed by atoms with van der Waals surface area (Å²) in [7, 11) is 0. The third-order valence-corrected chi connectivity index (χ3v) is 4.80. The highest BCUT2D eigenvalue weighted by Crippen LogP contribution is 2.24. The van der Waals surface area contributed by atoms with E-state index in [1.54, 1.807) is 11.3 Å². The van der Waals surface area contributed by atoms with Crippen LogP contribution in [0, 0.1) is 0 Å². The molecule has 0 aliphatic carbocycles. The quantitative estimate of drug-likeness (QED) is 0.867. The second-order valence-electron chi connectivity index (χ2n) is 4.53. The Hall–Kier alpha value is -0.940. The Morgan fingerprint density at radius 1 is 1.56 bits per heavy atom. The summed E-state index contributed by atoms with van der Waals surface area (Å²) in [5, 5.41) is 0. The molecule has 0 aromatic carbocycles. The first-order valence-electron chi connectivity index (χ1n) is 6.32. The molecule has 1 aliphatic rings. The minimum Gasteiger partial charge on any atom is -0.392 e. The number of thiophene rings is 1. The Labute approximate surface area is 117 Å². The Morgan fingerprint density at radius 3 is 2.94 bits per heavy atom. The molecule has 0 saturated carbocycles. The zero-order valence-corrected chi connectivity index (χ0v) is 12.1. The molecule has 0 bridgehead atoms.